The van der Waals surface area contributed by atoms with Crippen LogP contribution in [-0.4, -0.2) is 6.71 Å². The molecule has 0 atom stereocenters. The van der Waals surface area contributed by atoms with Crippen LogP contribution in [0, 0.1) is 0 Å². The Labute approximate surface area is 423 Å². The fourth-order valence-electron chi connectivity index (χ4n) is 13.9. The number of benzene rings is 7. The molecule has 3 heterocycles. The van der Waals surface area contributed by atoms with Gasteiger partial charge in [0.25, 0.3) is 6.71 Å². The predicted octanol–water partition coefficient (Wildman–Crippen LogP) is 16.5. The highest BCUT2D eigenvalue weighted by Crippen LogP contribution is 2.56. The van der Waals surface area contributed by atoms with Gasteiger partial charge in [-0.2, -0.15) is 0 Å². The van der Waals surface area contributed by atoms with Crippen molar-refractivity contribution in [2.45, 2.75) is 142 Å². The lowest BCUT2D eigenvalue weighted by Gasteiger charge is -2.44. The first-order valence-electron chi connectivity index (χ1n) is 26.1. The Bertz CT molecular complexity index is 3410. The third kappa shape index (κ3) is 6.99. The molecule has 2 aliphatic carbocycles. The van der Waals surface area contributed by atoms with Gasteiger partial charge in [0.2, 0.25) is 0 Å². The molecule has 12 rings (SSSR count). The van der Waals surface area contributed by atoms with Crippen LogP contribution in [-0.2, 0) is 32.5 Å². The second-order valence-electron chi connectivity index (χ2n) is 26.2. The van der Waals surface area contributed by atoms with E-state index in [-0.39, 0.29) is 39.2 Å². The quantitative estimate of drug-likeness (QED) is 0.160. The van der Waals surface area contributed by atoms with Crippen molar-refractivity contribution >= 4 is 85.5 Å². The number of nitrogens with zero attached hydrogens (tertiary/aromatic N) is 3. The molecule has 1 aromatic heterocycles. The maximum absolute atomic E-state index is 7.50. The lowest BCUT2D eigenvalue weighted by Crippen LogP contribution is -2.61. The highest BCUT2D eigenvalue weighted by Gasteiger charge is 2.51. The summed E-state index contributed by atoms with van der Waals surface area (Å²) < 4.78 is 7.50. The molecule has 0 unspecified atom stereocenters. The Kier molecular flexibility index (Phi) is 9.68. The van der Waals surface area contributed by atoms with Crippen LogP contribution in [0.1, 0.15) is 143 Å². The lowest BCUT2D eigenvalue weighted by molar-refractivity contribution is 0.403. The summed E-state index contributed by atoms with van der Waals surface area (Å²) in [6.07, 6.45) is 2.19. The van der Waals surface area contributed by atoms with Crippen molar-refractivity contribution in [1.29, 1.82) is 0 Å². The molecular formula is C66H70BN3O. The fraction of sp³-hybridized carbons (Fsp3) is 0.333. The van der Waals surface area contributed by atoms with E-state index >= 15 is 0 Å². The number of furan rings is 1. The molecule has 0 N–H and O–H groups in total. The van der Waals surface area contributed by atoms with Gasteiger partial charge in [0.1, 0.15) is 5.58 Å². The van der Waals surface area contributed by atoms with E-state index in [0.29, 0.717) is 0 Å². The Balaban J connectivity index is 1.25. The summed E-state index contributed by atoms with van der Waals surface area (Å²) in [7, 11) is 0. The topological polar surface area (TPSA) is 22.9 Å². The Hall–Kier alpha value is -6.46. The second-order valence-corrected chi connectivity index (χ2v) is 26.2. The summed E-state index contributed by atoms with van der Waals surface area (Å²) in [5.41, 5.74) is 23.2. The normalized spacial score (nSPS) is 17.7. The van der Waals surface area contributed by atoms with E-state index in [1.54, 1.807) is 0 Å². The standard InChI is InChI=1S/C66H70BN3O/c1-61(2,3)41-25-28-45(29-26-41)70-56-36-47(68(43-21-17-15-18-22-43)44-23-19-16-20-24-44)35-55-58(56)67(60-59(70)48-33-42(62(4,5)6)27-32-57(48)71-60)53-37-51-52(66(13,14)40-65(51,11)12)38-54(53)69(55)46-30-31-49-50(34-46)64(9,10)39-63(49,7)8/h15-38H,39-40H2,1-14H3. The molecule has 0 fully saturated rings. The minimum absolute atomic E-state index is 0.00195. The zero-order valence-corrected chi connectivity index (χ0v) is 44.6. The first-order valence-corrected chi connectivity index (χ1v) is 26.1. The zero-order chi connectivity index (χ0) is 49.9. The molecule has 0 amide bonds. The molecule has 0 saturated carbocycles. The van der Waals surface area contributed by atoms with Crippen LogP contribution < -0.4 is 31.3 Å². The van der Waals surface area contributed by atoms with Gasteiger partial charge in [-0.05, 0) is 169 Å². The van der Waals surface area contributed by atoms with Crippen LogP contribution in [0.5, 0.6) is 0 Å². The Morgan fingerprint density at radius 2 is 0.972 bits per heavy atom. The molecule has 4 nitrogen and oxygen atoms in total. The van der Waals surface area contributed by atoms with Gasteiger partial charge in [0.15, 0.2) is 0 Å². The highest BCUT2D eigenvalue weighted by atomic mass is 16.3. The fourth-order valence-corrected chi connectivity index (χ4v) is 13.9. The van der Waals surface area contributed by atoms with E-state index in [1.807, 2.05) is 0 Å². The van der Waals surface area contributed by atoms with Crippen LogP contribution in [0.3, 0.4) is 0 Å². The van der Waals surface area contributed by atoms with Crippen molar-refractivity contribution < 1.29 is 4.42 Å². The third-order valence-electron chi connectivity index (χ3n) is 16.9. The van der Waals surface area contributed by atoms with Crippen molar-refractivity contribution in [2.75, 3.05) is 14.7 Å². The minimum Gasteiger partial charge on any atom is -0.468 e. The Morgan fingerprint density at radius 3 is 1.55 bits per heavy atom. The average Bonchev–Trinajstić information content (AvgIpc) is 3.84. The average molecular weight is 932 g/mol. The van der Waals surface area contributed by atoms with Gasteiger partial charge in [-0.3, -0.25) is 0 Å². The molecule has 0 saturated heterocycles. The van der Waals surface area contributed by atoms with E-state index in [2.05, 4.69) is 257 Å². The molecule has 8 aromatic rings. The summed E-state index contributed by atoms with van der Waals surface area (Å²) >= 11 is 0. The first-order chi connectivity index (χ1) is 33.4. The van der Waals surface area contributed by atoms with Gasteiger partial charge >= 0.3 is 0 Å². The van der Waals surface area contributed by atoms with E-state index in [1.165, 1.54) is 61.4 Å². The molecule has 358 valence electrons. The largest absolute Gasteiger partial charge is 0.468 e. The highest BCUT2D eigenvalue weighted by molar-refractivity contribution is 7.00. The summed E-state index contributed by atoms with van der Waals surface area (Å²) in [6.45, 7) is 33.2. The van der Waals surface area contributed by atoms with E-state index in [9.17, 15) is 0 Å². The monoisotopic (exact) mass is 932 g/mol. The number of hydrogen-bond acceptors (Lipinski definition) is 4. The van der Waals surface area contributed by atoms with Crippen LogP contribution in [0.25, 0.3) is 11.0 Å². The summed E-state index contributed by atoms with van der Waals surface area (Å²) in [4.78, 5) is 7.66. The van der Waals surface area contributed by atoms with Gasteiger partial charge in [0.05, 0.1) is 17.0 Å². The smallest absolute Gasteiger partial charge is 0.297 e. The van der Waals surface area contributed by atoms with Crippen molar-refractivity contribution in [1.82, 2.24) is 0 Å². The van der Waals surface area contributed by atoms with E-state index in [4.69, 9.17) is 4.42 Å². The number of hydrogen-bond donors (Lipinski definition) is 0. The number of para-hydroxylation sites is 2. The van der Waals surface area contributed by atoms with Gasteiger partial charge in [-0.15, -0.1) is 0 Å². The molecule has 0 radical (unpaired) electrons. The molecule has 71 heavy (non-hydrogen) atoms. The maximum atomic E-state index is 7.50. The van der Waals surface area contributed by atoms with Crippen LogP contribution in [0.15, 0.2) is 150 Å². The molecule has 0 spiro atoms. The number of rotatable bonds is 5. The van der Waals surface area contributed by atoms with E-state index < -0.39 is 0 Å². The molecule has 0 bridgehead atoms. The lowest BCUT2D eigenvalue weighted by atomic mass is 9.35. The summed E-state index contributed by atoms with van der Waals surface area (Å²) in [6, 6.07) is 55.7. The van der Waals surface area contributed by atoms with Crippen molar-refractivity contribution in [3.63, 3.8) is 0 Å². The number of fused-ring (bicyclic) bond motifs is 8. The molecule has 5 heteroatoms. The van der Waals surface area contributed by atoms with Gasteiger partial charge in [-0.1, -0.05) is 164 Å². The molecular weight excluding hydrogens is 862 g/mol. The van der Waals surface area contributed by atoms with Crippen molar-refractivity contribution in [3.05, 3.63) is 179 Å². The van der Waals surface area contributed by atoms with Crippen molar-refractivity contribution in [3.8, 4) is 0 Å². The van der Waals surface area contributed by atoms with Crippen LogP contribution in [0.2, 0.25) is 0 Å². The third-order valence-corrected chi connectivity index (χ3v) is 16.9. The SMILES string of the molecule is CC(C)(C)c1ccc(N2c3cc(N(c4ccccc4)c4ccccc4)cc4c3B(c3cc5c(cc3N4c3ccc4c(c3)C(C)(C)CC4(C)C)C(C)(C)CC5(C)C)c3oc4ccc(C(C)(C)C)cc4c32)cc1. The van der Waals surface area contributed by atoms with E-state index in [0.717, 1.165) is 63.6 Å². The van der Waals surface area contributed by atoms with Crippen LogP contribution >= 0.6 is 0 Å². The van der Waals surface area contributed by atoms with Gasteiger partial charge < -0.3 is 19.1 Å². The second kappa shape index (κ2) is 15.0. The molecule has 4 aliphatic rings. The van der Waals surface area contributed by atoms with Crippen molar-refractivity contribution in [2.24, 2.45) is 0 Å². The maximum Gasteiger partial charge on any atom is 0.297 e. The van der Waals surface area contributed by atoms with Gasteiger partial charge in [-0.25, -0.2) is 0 Å². The van der Waals surface area contributed by atoms with Gasteiger partial charge in [0, 0.05) is 45.2 Å². The first kappa shape index (κ1) is 45.7. The summed E-state index contributed by atoms with van der Waals surface area (Å²) in [5, 5.41) is 1.14. The van der Waals surface area contributed by atoms with Crippen LogP contribution in [0.4, 0.5) is 51.2 Å². The predicted molar refractivity (Wildman–Crippen MR) is 304 cm³/mol. The Morgan fingerprint density at radius 1 is 0.465 bits per heavy atom. The zero-order valence-electron chi connectivity index (χ0n) is 44.6. The molecule has 7 aromatic carbocycles. The summed E-state index contributed by atoms with van der Waals surface area (Å²) in [5.74, 6) is 0. The minimum atomic E-state index is -0.178. The molecule has 2 aliphatic heterocycles. The number of anilines is 9.